The van der Waals surface area contributed by atoms with Gasteiger partial charge in [0.25, 0.3) is 0 Å². The van der Waals surface area contributed by atoms with Crippen molar-refractivity contribution in [2.45, 2.75) is 33.6 Å². The topological polar surface area (TPSA) is 23.8 Å². The lowest BCUT2D eigenvalue weighted by atomic mass is 10.0. The smallest absolute Gasteiger partial charge is 0.0914 e. The third-order valence-electron chi connectivity index (χ3n) is 1.91. The van der Waals surface area contributed by atoms with Crippen molar-refractivity contribution in [3.8, 4) is 6.07 Å². The minimum Gasteiger partial charge on any atom is -0.193 e. The van der Waals surface area contributed by atoms with Crippen LogP contribution in [0.25, 0.3) is 0 Å². The largest absolute Gasteiger partial charge is 0.193 e. The van der Waals surface area contributed by atoms with Crippen LogP contribution >= 0.6 is 0 Å². The minimum atomic E-state index is 0.746. The van der Waals surface area contributed by atoms with Crippen LogP contribution in [0.4, 0.5) is 0 Å². The molecule has 66 valence electrons. The molecular weight excluding hydrogens is 146 g/mol. The molecule has 0 heterocycles. The third kappa shape index (κ3) is 5.73. The van der Waals surface area contributed by atoms with Gasteiger partial charge in [-0.25, -0.2) is 0 Å². The summed E-state index contributed by atoms with van der Waals surface area (Å²) in [5.41, 5.74) is 1.03. The van der Waals surface area contributed by atoms with Crippen LogP contribution < -0.4 is 0 Å². The van der Waals surface area contributed by atoms with Gasteiger partial charge in [0.1, 0.15) is 0 Å². The van der Waals surface area contributed by atoms with E-state index in [-0.39, 0.29) is 0 Å². The highest BCUT2D eigenvalue weighted by Crippen LogP contribution is 2.07. The van der Waals surface area contributed by atoms with E-state index in [1.54, 1.807) is 6.08 Å². The number of allylic oxidation sites excluding steroid dienone is 4. The van der Waals surface area contributed by atoms with Gasteiger partial charge in [0, 0.05) is 6.08 Å². The van der Waals surface area contributed by atoms with Crippen molar-refractivity contribution in [3.63, 3.8) is 0 Å². The molecule has 0 bridgehead atoms. The first-order valence-corrected chi connectivity index (χ1v) is 4.43. The fraction of sp³-hybridized carbons (Fsp3) is 0.545. The highest BCUT2D eigenvalue weighted by atomic mass is 14.2. The molecular formula is C11H17N. The van der Waals surface area contributed by atoms with E-state index in [4.69, 9.17) is 5.26 Å². The van der Waals surface area contributed by atoms with Gasteiger partial charge >= 0.3 is 0 Å². The Morgan fingerprint density at radius 2 is 2.25 bits per heavy atom. The zero-order valence-electron chi connectivity index (χ0n) is 8.17. The van der Waals surface area contributed by atoms with Crippen molar-refractivity contribution >= 4 is 0 Å². The van der Waals surface area contributed by atoms with Crippen molar-refractivity contribution in [3.05, 3.63) is 23.8 Å². The second-order valence-electron chi connectivity index (χ2n) is 3.17. The SMILES string of the molecule is CCC(C)CC=CC(C)=CC#N. The van der Waals surface area contributed by atoms with E-state index in [0.717, 1.165) is 17.9 Å². The molecule has 0 rings (SSSR count). The van der Waals surface area contributed by atoms with E-state index in [0.29, 0.717) is 0 Å². The first-order valence-electron chi connectivity index (χ1n) is 4.43. The Hall–Kier alpha value is -1.03. The van der Waals surface area contributed by atoms with Crippen LogP contribution in [0, 0.1) is 17.2 Å². The van der Waals surface area contributed by atoms with Crippen LogP contribution in [0.1, 0.15) is 33.6 Å². The molecule has 0 N–H and O–H groups in total. The summed E-state index contributed by atoms with van der Waals surface area (Å²) in [5, 5.41) is 8.33. The molecule has 0 aliphatic carbocycles. The van der Waals surface area contributed by atoms with E-state index in [1.807, 2.05) is 19.1 Å². The van der Waals surface area contributed by atoms with E-state index in [1.165, 1.54) is 6.42 Å². The Labute approximate surface area is 75.4 Å². The molecule has 0 radical (unpaired) electrons. The van der Waals surface area contributed by atoms with Gasteiger partial charge in [0.2, 0.25) is 0 Å². The standard InChI is InChI=1S/C11H17N/c1-4-10(2)6-5-7-11(3)8-9-12/h5,7-8,10H,4,6H2,1-3H3. The third-order valence-corrected chi connectivity index (χ3v) is 1.91. The molecule has 1 nitrogen and oxygen atoms in total. The Morgan fingerprint density at radius 1 is 1.58 bits per heavy atom. The Balaban J connectivity index is 3.78. The highest BCUT2D eigenvalue weighted by molar-refractivity contribution is 5.22. The summed E-state index contributed by atoms with van der Waals surface area (Å²) < 4.78 is 0. The van der Waals surface area contributed by atoms with Crippen molar-refractivity contribution in [1.82, 2.24) is 0 Å². The summed E-state index contributed by atoms with van der Waals surface area (Å²) in [4.78, 5) is 0. The summed E-state index contributed by atoms with van der Waals surface area (Å²) in [5.74, 6) is 0.746. The van der Waals surface area contributed by atoms with Crippen LogP contribution in [0.2, 0.25) is 0 Å². The van der Waals surface area contributed by atoms with E-state index < -0.39 is 0 Å². The first kappa shape index (κ1) is 11.0. The molecule has 12 heavy (non-hydrogen) atoms. The molecule has 1 unspecified atom stereocenters. The van der Waals surface area contributed by atoms with E-state index >= 15 is 0 Å². The number of hydrogen-bond acceptors (Lipinski definition) is 1. The van der Waals surface area contributed by atoms with Gasteiger partial charge in [-0.05, 0) is 24.8 Å². The fourth-order valence-electron chi connectivity index (χ4n) is 0.803. The van der Waals surface area contributed by atoms with Crippen LogP contribution in [-0.4, -0.2) is 0 Å². The fourth-order valence-corrected chi connectivity index (χ4v) is 0.803. The van der Waals surface area contributed by atoms with Crippen molar-refractivity contribution in [2.75, 3.05) is 0 Å². The summed E-state index contributed by atoms with van der Waals surface area (Å²) in [7, 11) is 0. The summed E-state index contributed by atoms with van der Waals surface area (Å²) in [6.45, 7) is 6.36. The molecule has 1 atom stereocenters. The quantitative estimate of drug-likeness (QED) is 0.460. The van der Waals surface area contributed by atoms with Gasteiger partial charge in [-0.15, -0.1) is 0 Å². The van der Waals surface area contributed by atoms with Gasteiger partial charge in [-0.2, -0.15) is 5.26 Å². The van der Waals surface area contributed by atoms with Crippen LogP contribution in [0.5, 0.6) is 0 Å². The molecule has 0 aliphatic heterocycles. The van der Waals surface area contributed by atoms with Crippen molar-refractivity contribution in [2.24, 2.45) is 5.92 Å². The number of nitriles is 1. The Morgan fingerprint density at radius 3 is 2.75 bits per heavy atom. The second-order valence-corrected chi connectivity index (χ2v) is 3.17. The maximum absolute atomic E-state index is 8.33. The Bertz CT molecular complexity index is 206. The summed E-state index contributed by atoms with van der Waals surface area (Å²) >= 11 is 0. The number of hydrogen-bond donors (Lipinski definition) is 0. The average Bonchev–Trinajstić information content (AvgIpc) is 2.04. The lowest BCUT2D eigenvalue weighted by Gasteiger charge is -2.01. The molecule has 0 saturated carbocycles. The predicted octanol–water partition coefficient (Wildman–Crippen LogP) is 3.45. The van der Waals surface area contributed by atoms with Crippen LogP contribution in [0.3, 0.4) is 0 Å². The minimum absolute atomic E-state index is 0.746. The molecule has 0 saturated heterocycles. The van der Waals surface area contributed by atoms with E-state index in [9.17, 15) is 0 Å². The van der Waals surface area contributed by atoms with Crippen LogP contribution in [0.15, 0.2) is 23.8 Å². The summed E-state index contributed by atoms with van der Waals surface area (Å²) in [6, 6.07) is 2.01. The maximum Gasteiger partial charge on any atom is 0.0914 e. The monoisotopic (exact) mass is 163 g/mol. The predicted molar refractivity (Wildman–Crippen MR) is 52.6 cm³/mol. The van der Waals surface area contributed by atoms with Crippen molar-refractivity contribution < 1.29 is 0 Å². The van der Waals surface area contributed by atoms with Gasteiger partial charge in [-0.1, -0.05) is 32.4 Å². The Kier molecular flexibility index (Phi) is 6.09. The van der Waals surface area contributed by atoms with Crippen LogP contribution in [-0.2, 0) is 0 Å². The molecule has 1 heteroatoms. The molecule has 0 spiro atoms. The molecule has 0 aliphatic rings. The zero-order valence-corrected chi connectivity index (χ0v) is 8.17. The summed E-state index contributed by atoms with van der Waals surface area (Å²) in [6.07, 6.45) is 8.03. The number of nitrogens with zero attached hydrogens (tertiary/aromatic N) is 1. The first-order chi connectivity index (χ1) is 5.70. The zero-order chi connectivity index (χ0) is 9.40. The van der Waals surface area contributed by atoms with Gasteiger partial charge in [0.05, 0.1) is 6.07 Å². The van der Waals surface area contributed by atoms with Gasteiger partial charge < -0.3 is 0 Å². The molecule has 0 amide bonds. The second kappa shape index (κ2) is 6.67. The lowest BCUT2D eigenvalue weighted by molar-refractivity contribution is 0.572. The molecule has 0 aromatic heterocycles. The van der Waals surface area contributed by atoms with E-state index in [2.05, 4.69) is 19.9 Å². The lowest BCUT2D eigenvalue weighted by Crippen LogP contribution is -1.87. The highest BCUT2D eigenvalue weighted by Gasteiger charge is 1.92. The van der Waals surface area contributed by atoms with Gasteiger partial charge in [0.15, 0.2) is 0 Å². The average molecular weight is 163 g/mol. The van der Waals surface area contributed by atoms with Gasteiger partial charge in [-0.3, -0.25) is 0 Å². The molecule has 0 fully saturated rings. The molecule has 0 aromatic carbocycles. The normalized spacial score (nSPS) is 14.7. The molecule has 0 aromatic rings. The maximum atomic E-state index is 8.33. The van der Waals surface area contributed by atoms with Crippen molar-refractivity contribution in [1.29, 1.82) is 5.26 Å². The number of rotatable bonds is 4.